The molecule has 0 radical (unpaired) electrons. The fraction of sp³-hybridized carbons (Fsp3) is 0.625. The van der Waals surface area contributed by atoms with Gasteiger partial charge in [0.15, 0.2) is 0 Å². The van der Waals surface area contributed by atoms with Gasteiger partial charge in [-0.15, -0.1) is 0 Å². The molecule has 0 amide bonds. The van der Waals surface area contributed by atoms with Crippen molar-refractivity contribution in [3.8, 4) is 0 Å². The lowest BCUT2D eigenvalue weighted by atomic mass is 10.0. The van der Waals surface area contributed by atoms with E-state index in [1.54, 1.807) is 0 Å². The van der Waals surface area contributed by atoms with Crippen LogP contribution in [0, 0.1) is 5.92 Å². The van der Waals surface area contributed by atoms with Crippen molar-refractivity contribution in [1.82, 2.24) is 4.90 Å². The van der Waals surface area contributed by atoms with E-state index in [4.69, 9.17) is 0 Å². The molecule has 2 aliphatic heterocycles. The summed E-state index contributed by atoms with van der Waals surface area (Å²) in [6.07, 6.45) is 4.33. The topological polar surface area (TPSA) is 15.6 Å². The molecular formula is C8H11BrN2. The summed E-state index contributed by atoms with van der Waals surface area (Å²) in [5.41, 5.74) is 0. The number of amidine groups is 1. The smallest absolute Gasteiger partial charge is 0.107 e. The zero-order valence-electron chi connectivity index (χ0n) is 6.55. The van der Waals surface area contributed by atoms with E-state index in [0.29, 0.717) is 5.92 Å². The fourth-order valence-electron chi connectivity index (χ4n) is 1.73. The standard InChI is InChI=1S/C8H11BrN2/c1-11-3-2-6-4-7(9)5-10-8(6)11/h5-6H,2-4H2,1H3. The van der Waals surface area contributed by atoms with Crippen molar-refractivity contribution in [2.75, 3.05) is 13.6 Å². The third-order valence-corrected chi connectivity index (χ3v) is 2.88. The Morgan fingerprint density at radius 2 is 2.55 bits per heavy atom. The normalized spacial score (nSPS) is 29.6. The maximum absolute atomic E-state index is 4.39. The van der Waals surface area contributed by atoms with Gasteiger partial charge in [0.2, 0.25) is 0 Å². The molecule has 0 aromatic heterocycles. The Labute approximate surface area is 75.1 Å². The summed E-state index contributed by atoms with van der Waals surface area (Å²) in [5.74, 6) is 1.95. The van der Waals surface area contributed by atoms with Crippen molar-refractivity contribution in [3.05, 3.63) is 10.7 Å². The molecule has 60 valence electrons. The highest BCUT2D eigenvalue weighted by Crippen LogP contribution is 2.30. The molecule has 1 atom stereocenters. The summed E-state index contributed by atoms with van der Waals surface area (Å²) in [6, 6.07) is 0. The van der Waals surface area contributed by atoms with Crippen LogP contribution in [0.15, 0.2) is 15.7 Å². The SMILES string of the molecule is CN1CCC2CC(Br)=CN=C21. The molecule has 0 aromatic carbocycles. The summed E-state index contributed by atoms with van der Waals surface area (Å²) in [7, 11) is 2.12. The van der Waals surface area contributed by atoms with Crippen LogP contribution in [0.3, 0.4) is 0 Å². The lowest BCUT2D eigenvalue weighted by Crippen LogP contribution is -2.24. The van der Waals surface area contributed by atoms with Crippen molar-refractivity contribution in [2.45, 2.75) is 12.8 Å². The number of hydrogen-bond acceptors (Lipinski definition) is 2. The van der Waals surface area contributed by atoms with E-state index in [9.17, 15) is 0 Å². The van der Waals surface area contributed by atoms with E-state index in [0.717, 1.165) is 13.0 Å². The molecule has 3 heteroatoms. The molecule has 1 fully saturated rings. The molecule has 2 nitrogen and oxygen atoms in total. The molecule has 1 saturated heterocycles. The van der Waals surface area contributed by atoms with E-state index in [1.807, 2.05) is 6.20 Å². The number of aliphatic imine (C=N–C) groups is 1. The second-order valence-corrected chi connectivity index (χ2v) is 4.19. The van der Waals surface area contributed by atoms with Gasteiger partial charge >= 0.3 is 0 Å². The fourth-order valence-corrected chi connectivity index (χ4v) is 2.22. The average molecular weight is 215 g/mol. The monoisotopic (exact) mass is 214 g/mol. The minimum absolute atomic E-state index is 0.680. The van der Waals surface area contributed by atoms with E-state index >= 15 is 0 Å². The summed E-state index contributed by atoms with van der Waals surface area (Å²) in [5, 5.41) is 0. The number of nitrogens with zero attached hydrogens (tertiary/aromatic N) is 2. The second-order valence-electron chi connectivity index (χ2n) is 3.17. The number of rotatable bonds is 0. The molecule has 0 saturated carbocycles. The third kappa shape index (κ3) is 1.22. The first-order valence-corrected chi connectivity index (χ1v) is 4.70. The van der Waals surface area contributed by atoms with Gasteiger partial charge in [0.25, 0.3) is 0 Å². The van der Waals surface area contributed by atoms with E-state index in [-0.39, 0.29) is 0 Å². The van der Waals surface area contributed by atoms with Crippen LogP contribution in [0.25, 0.3) is 0 Å². The van der Waals surface area contributed by atoms with Crippen molar-refractivity contribution in [2.24, 2.45) is 10.9 Å². The van der Waals surface area contributed by atoms with Gasteiger partial charge in [0.05, 0.1) is 0 Å². The number of hydrogen-bond donors (Lipinski definition) is 0. The summed E-state index contributed by atoms with van der Waals surface area (Å²) >= 11 is 3.48. The highest BCUT2D eigenvalue weighted by atomic mass is 79.9. The minimum atomic E-state index is 0.680. The van der Waals surface area contributed by atoms with Gasteiger partial charge in [0, 0.05) is 30.2 Å². The highest BCUT2D eigenvalue weighted by molar-refractivity contribution is 9.11. The molecule has 2 rings (SSSR count). The van der Waals surface area contributed by atoms with Crippen LogP contribution in [-0.4, -0.2) is 24.3 Å². The lowest BCUT2D eigenvalue weighted by Gasteiger charge is -2.17. The van der Waals surface area contributed by atoms with Gasteiger partial charge in [-0.25, -0.2) is 4.99 Å². The molecule has 11 heavy (non-hydrogen) atoms. The molecule has 2 aliphatic rings. The minimum Gasteiger partial charge on any atom is -0.363 e. The molecule has 0 aliphatic carbocycles. The zero-order chi connectivity index (χ0) is 7.84. The van der Waals surface area contributed by atoms with E-state index < -0.39 is 0 Å². The average Bonchev–Trinajstić information content (AvgIpc) is 2.32. The zero-order valence-corrected chi connectivity index (χ0v) is 8.13. The van der Waals surface area contributed by atoms with Crippen LogP contribution in [0.2, 0.25) is 0 Å². The van der Waals surface area contributed by atoms with E-state index in [1.165, 1.54) is 16.7 Å². The van der Waals surface area contributed by atoms with Crippen LogP contribution in [-0.2, 0) is 0 Å². The van der Waals surface area contributed by atoms with Gasteiger partial charge in [-0.05, 0) is 12.8 Å². The predicted octanol–water partition coefficient (Wildman–Crippen LogP) is 1.98. The predicted molar refractivity (Wildman–Crippen MR) is 49.8 cm³/mol. The number of allylic oxidation sites excluding steroid dienone is 1. The first-order valence-electron chi connectivity index (χ1n) is 3.91. The Morgan fingerprint density at radius 3 is 3.36 bits per heavy atom. The maximum Gasteiger partial charge on any atom is 0.107 e. The van der Waals surface area contributed by atoms with Crippen LogP contribution in [0.5, 0.6) is 0 Å². The Bertz CT molecular complexity index is 232. The number of likely N-dealkylation sites (tertiary alicyclic amines) is 1. The molecule has 0 aromatic rings. The number of fused-ring (bicyclic) bond motifs is 1. The highest BCUT2D eigenvalue weighted by Gasteiger charge is 2.28. The third-order valence-electron chi connectivity index (χ3n) is 2.35. The molecule has 0 spiro atoms. The van der Waals surface area contributed by atoms with E-state index in [2.05, 4.69) is 32.9 Å². The first kappa shape index (κ1) is 7.35. The lowest BCUT2D eigenvalue weighted by molar-refractivity contribution is 0.547. The van der Waals surface area contributed by atoms with Crippen molar-refractivity contribution in [1.29, 1.82) is 0 Å². The Hall–Kier alpha value is -0.310. The molecule has 0 bridgehead atoms. The van der Waals surface area contributed by atoms with Crippen molar-refractivity contribution in [3.63, 3.8) is 0 Å². The van der Waals surface area contributed by atoms with Gasteiger partial charge in [-0.2, -0.15) is 0 Å². The molecular weight excluding hydrogens is 204 g/mol. The molecule has 2 heterocycles. The Morgan fingerprint density at radius 1 is 1.73 bits per heavy atom. The van der Waals surface area contributed by atoms with Crippen LogP contribution >= 0.6 is 15.9 Å². The first-order chi connectivity index (χ1) is 5.27. The Kier molecular flexibility index (Phi) is 1.75. The summed E-state index contributed by atoms with van der Waals surface area (Å²) in [6.45, 7) is 1.16. The second kappa shape index (κ2) is 2.63. The van der Waals surface area contributed by atoms with Gasteiger partial charge < -0.3 is 4.90 Å². The van der Waals surface area contributed by atoms with Gasteiger partial charge in [-0.3, -0.25) is 0 Å². The summed E-state index contributed by atoms with van der Waals surface area (Å²) in [4.78, 5) is 6.64. The van der Waals surface area contributed by atoms with Crippen LogP contribution < -0.4 is 0 Å². The van der Waals surface area contributed by atoms with Crippen LogP contribution in [0.4, 0.5) is 0 Å². The number of halogens is 1. The van der Waals surface area contributed by atoms with Crippen molar-refractivity contribution >= 4 is 21.8 Å². The largest absolute Gasteiger partial charge is 0.363 e. The summed E-state index contributed by atoms with van der Waals surface area (Å²) < 4.78 is 1.24. The quantitative estimate of drug-likeness (QED) is 0.603. The maximum atomic E-state index is 4.39. The Balaban J connectivity index is 2.25. The van der Waals surface area contributed by atoms with Crippen molar-refractivity contribution < 1.29 is 0 Å². The molecule has 0 N–H and O–H groups in total. The van der Waals surface area contributed by atoms with Gasteiger partial charge in [0.1, 0.15) is 5.84 Å². The molecule has 1 unspecified atom stereocenters. The van der Waals surface area contributed by atoms with Gasteiger partial charge in [-0.1, -0.05) is 15.9 Å². The van der Waals surface area contributed by atoms with Crippen LogP contribution in [0.1, 0.15) is 12.8 Å².